The van der Waals surface area contributed by atoms with Crippen LogP contribution >= 0.6 is 0 Å². The van der Waals surface area contributed by atoms with E-state index in [0.717, 1.165) is 19.6 Å². The molecule has 1 heterocycles. The molecule has 7 nitrogen and oxygen atoms in total. The highest BCUT2D eigenvalue weighted by molar-refractivity contribution is 5.75. The first-order valence-electron chi connectivity index (χ1n) is 5.95. The first kappa shape index (κ1) is 13.7. The third-order valence-corrected chi connectivity index (χ3v) is 2.69. The van der Waals surface area contributed by atoms with Gasteiger partial charge in [-0.25, -0.2) is 0 Å². The highest BCUT2D eigenvalue weighted by Gasteiger charge is 2.10. The second kappa shape index (κ2) is 7.83. The van der Waals surface area contributed by atoms with Gasteiger partial charge in [0.25, 0.3) is 5.09 Å². The van der Waals surface area contributed by atoms with E-state index < -0.39 is 5.09 Å². The third kappa shape index (κ3) is 6.72. The molecule has 17 heavy (non-hydrogen) atoms. The first-order chi connectivity index (χ1) is 8.18. The van der Waals surface area contributed by atoms with Crippen molar-refractivity contribution in [2.75, 3.05) is 32.8 Å². The Morgan fingerprint density at radius 1 is 1.41 bits per heavy atom. The zero-order valence-corrected chi connectivity index (χ0v) is 9.89. The molecule has 7 heteroatoms. The van der Waals surface area contributed by atoms with Crippen LogP contribution in [0.15, 0.2) is 0 Å². The molecule has 0 spiro atoms. The standard InChI is InChI=1S/C10H19N3O4/c14-10(4-3-9-17-13(15)16)11-5-8-12-6-1-2-7-12/h1-9H2,(H,11,14). The summed E-state index contributed by atoms with van der Waals surface area (Å²) in [5.41, 5.74) is 0. The topological polar surface area (TPSA) is 84.7 Å². The smallest absolute Gasteiger partial charge is 0.294 e. The predicted octanol–water partition coefficient (Wildman–Crippen LogP) is 0.187. The minimum absolute atomic E-state index is 0.0213. The van der Waals surface area contributed by atoms with E-state index in [1.165, 1.54) is 12.8 Å². The van der Waals surface area contributed by atoms with Gasteiger partial charge in [-0.05, 0) is 32.4 Å². The molecule has 0 radical (unpaired) electrons. The number of likely N-dealkylation sites (tertiary alicyclic amines) is 1. The number of carbonyl (C=O) groups excluding carboxylic acids is 1. The van der Waals surface area contributed by atoms with Crippen LogP contribution < -0.4 is 5.32 Å². The van der Waals surface area contributed by atoms with E-state index in [-0.39, 0.29) is 18.9 Å². The fourth-order valence-electron chi connectivity index (χ4n) is 1.82. The van der Waals surface area contributed by atoms with Crippen molar-refractivity contribution in [3.05, 3.63) is 10.1 Å². The second-order valence-electron chi connectivity index (χ2n) is 4.06. The zero-order chi connectivity index (χ0) is 12.5. The molecule has 98 valence electrons. The molecule has 1 aliphatic rings. The van der Waals surface area contributed by atoms with Crippen LogP contribution in [0.2, 0.25) is 0 Å². The van der Waals surface area contributed by atoms with Crippen molar-refractivity contribution in [1.29, 1.82) is 0 Å². The molecule has 0 aliphatic carbocycles. The van der Waals surface area contributed by atoms with Crippen molar-refractivity contribution in [3.63, 3.8) is 0 Å². The second-order valence-corrected chi connectivity index (χ2v) is 4.06. The van der Waals surface area contributed by atoms with Crippen LogP contribution in [0.25, 0.3) is 0 Å². The van der Waals surface area contributed by atoms with E-state index in [1.54, 1.807) is 0 Å². The average Bonchev–Trinajstić information content (AvgIpc) is 2.77. The van der Waals surface area contributed by atoms with E-state index in [1.807, 2.05) is 0 Å². The van der Waals surface area contributed by atoms with Crippen molar-refractivity contribution >= 4 is 5.91 Å². The molecule has 0 aromatic heterocycles. The van der Waals surface area contributed by atoms with Crippen LogP contribution in [0.5, 0.6) is 0 Å². The van der Waals surface area contributed by atoms with Gasteiger partial charge in [-0.2, -0.15) is 0 Å². The summed E-state index contributed by atoms with van der Waals surface area (Å²) in [5.74, 6) is -0.0730. The molecule has 0 aromatic rings. The van der Waals surface area contributed by atoms with Crippen LogP contribution in [-0.4, -0.2) is 48.7 Å². The summed E-state index contributed by atoms with van der Waals surface area (Å²) in [7, 11) is 0. The molecule has 1 saturated heterocycles. The van der Waals surface area contributed by atoms with Gasteiger partial charge >= 0.3 is 0 Å². The van der Waals surface area contributed by atoms with Crippen LogP contribution in [0.3, 0.4) is 0 Å². The van der Waals surface area contributed by atoms with Crippen molar-refractivity contribution in [2.45, 2.75) is 25.7 Å². The molecule has 0 saturated carbocycles. The Balaban J connectivity index is 1.91. The van der Waals surface area contributed by atoms with Crippen molar-refractivity contribution in [3.8, 4) is 0 Å². The normalized spacial score (nSPS) is 15.8. The number of rotatable bonds is 8. The Hall–Kier alpha value is -1.37. The SMILES string of the molecule is O=C(CCCO[N+](=O)[O-])NCCN1CCCC1. The number of carbonyl (C=O) groups is 1. The number of amides is 1. The van der Waals surface area contributed by atoms with E-state index in [0.29, 0.717) is 13.0 Å². The van der Waals surface area contributed by atoms with Crippen LogP contribution in [-0.2, 0) is 9.63 Å². The summed E-state index contributed by atoms with van der Waals surface area (Å²) >= 11 is 0. The summed E-state index contributed by atoms with van der Waals surface area (Å²) in [6, 6.07) is 0. The van der Waals surface area contributed by atoms with E-state index in [9.17, 15) is 14.9 Å². The number of nitrogens with zero attached hydrogens (tertiary/aromatic N) is 2. The maximum atomic E-state index is 11.3. The number of hydrogen-bond acceptors (Lipinski definition) is 5. The lowest BCUT2D eigenvalue weighted by molar-refractivity contribution is -0.757. The largest absolute Gasteiger partial charge is 0.355 e. The Labute approximate surface area is 100 Å². The van der Waals surface area contributed by atoms with Gasteiger partial charge in [0, 0.05) is 19.5 Å². The lowest BCUT2D eigenvalue weighted by atomic mass is 10.3. The molecule has 1 amide bonds. The molecule has 1 fully saturated rings. The van der Waals surface area contributed by atoms with Gasteiger partial charge < -0.3 is 15.1 Å². The number of nitrogens with one attached hydrogen (secondary N) is 1. The van der Waals surface area contributed by atoms with Gasteiger partial charge in [-0.15, -0.1) is 10.1 Å². The highest BCUT2D eigenvalue weighted by Crippen LogP contribution is 2.05. The van der Waals surface area contributed by atoms with Crippen LogP contribution in [0.1, 0.15) is 25.7 Å². The van der Waals surface area contributed by atoms with Gasteiger partial charge in [0.1, 0.15) is 0 Å². The van der Waals surface area contributed by atoms with Crippen LogP contribution in [0.4, 0.5) is 0 Å². The molecular weight excluding hydrogens is 226 g/mol. The van der Waals surface area contributed by atoms with E-state index >= 15 is 0 Å². The zero-order valence-electron chi connectivity index (χ0n) is 9.89. The quantitative estimate of drug-likeness (QED) is 0.375. The van der Waals surface area contributed by atoms with Gasteiger partial charge in [-0.3, -0.25) is 4.79 Å². The summed E-state index contributed by atoms with van der Waals surface area (Å²) in [6.07, 6.45) is 3.13. The Morgan fingerprint density at radius 2 is 2.12 bits per heavy atom. The lowest BCUT2D eigenvalue weighted by Gasteiger charge is -2.14. The molecule has 0 aromatic carbocycles. The minimum atomic E-state index is -0.842. The van der Waals surface area contributed by atoms with Crippen LogP contribution in [0, 0.1) is 10.1 Å². The van der Waals surface area contributed by atoms with Gasteiger partial charge in [-0.1, -0.05) is 0 Å². The maximum Gasteiger partial charge on any atom is 0.294 e. The van der Waals surface area contributed by atoms with E-state index in [4.69, 9.17) is 0 Å². The fourth-order valence-corrected chi connectivity index (χ4v) is 1.82. The number of hydrogen-bond donors (Lipinski definition) is 1. The summed E-state index contributed by atoms with van der Waals surface area (Å²) < 4.78 is 0. The third-order valence-electron chi connectivity index (χ3n) is 2.69. The van der Waals surface area contributed by atoms with E-state index in [2.05, 4.69) is 15.1 Å². The first-order valence-corrected chi connectivity index (χ1v) is 5.95. The van der Waals surface area contributed by atoms with Crippen molar-refractivity contribution in [1.82, 2.24) is 10.2 Å². The molecule has 0 bridgehead atoms. The Bertz CT molecular complexity index is 254. The fraction of sp³-hybridized carbons (Fsp3) is 0.900. The van der Waals surface area contributed by atoms with Gasteiger partial charge in [0.2, 0.25) is 5.91 Å². The van der Waals surface area contributed by atoms with Crippen molar-refractivity contribution < 1.29 is 14.7 Å². The average molecular weight is 245 g/mol. The molecule has 0 unspecified atom stereocenters. The minimum Gasteiger partial charge on any atom is -0.355 e. The predicted molar refractivity (Wildman–Crippen MR) is 60.9 cm³/mol. The molecule has 1 N–H and O–H groups in total. The monoisotopic (exact) mass is 245 g/mol. The highest BCUT2D eigenvalue weighted by atomic mass is 16.9. The Kier molecular flexibility index (Phi) is 6.31. The molecule has 1 rings (SSSR count). The van der Waals surface area contributed by atoms with Crippen molar-refractivity contribution in [2.24, 2.45) is 0 Å². The van der Waals surface area contributed by atoms with Gasteiger partial charge in [0.15, 0.2) is 0 Å². The van der Waals surface area contributed by atoms with Gasteiger partial charge in [0.05, 0.1) is 6.61 Å². The summed E-state index contributed by atoms with van der Waals surface area (Å²) in [4.78, 5) is 27.6. The lowest BCUT2D eigenvalue weighted by Crippen LogP contribution is -2.33. The maximum absolute atomic E-state index is 11.3. The molecule has 1 aliphatic heterocycles. The molecule has 0 atom stereocenters. The molecular formula is C10H19N3O4. The Morgan fingerprint density at radius 3 is 2.76 bits per heavy atom. The summed E-state index contributed by atoms with van der Waals surface area (Å²) in [6.45, 7) is 3.75. The summed E-state index contributed by atoms with van der Waals surface area (Å²) in [5, 5.41) is 11.8.